The van der Waals surface area contributed by atoms with E-state index in [0.29, 0.717) is 6.04 Å². The van der Waals surface area contributed by atoms with Crippen molar-refractivity contribution in [2.24, 2.45) is 0 Å². The Labute approximate surface area is 133 Å². The number of benzene rings is 1. The van der Waals surface area contributed by atoms with E-state index in [0.717, 1.165) is 39.4 Å². The summed E-state index contributed by atoms with van der Waals surface area (Å²) in [5, 5.41) is 3.21. The van der Waals surface area contributed by atoms with Gasteiger partial charge in [0.25, 0.3) is 5.91 Å². The average Bonchev–Trinajstić information content (AvgIpc) is 3.05. The van der Waals surface area contributed by atoms with E-state index in [1.54, 1.807) is 0 Å². The molecule has 4 nitrogen and oxygen atoms in total. The molecule has 1 aliphatic carbocycles. The van der Waals surface area contributed by atoms with Crippen LogP contribution in [-0.4, -0.2) is 21.3 Å². The maximum Gasteiger partial charge on any atom is 0.263 e. The molecule has 1 fully saturated rings. The number of nitrogens with one attached hydrogen (secondary N) is 1. The molecular formula is C17H19N3OS. The fourth-order valence-corrected chi connectivity index (χ4v) is 4.42. The van der Waals surface area contributed by atoms with Crippen LogP contribution in [0.4, 0.5) is 0 Å². The Morgan fingerprint density at radius 3 is 2.86 bits per heavy atom. The lowest BCUT2D eigenvalue weighted by Gasteiger charge is -2.22. The van der Waals surface area contributed by atoms with Gasteiger partial charge in [-0.05, 0) is 31.9 Å². The fourth-order valence-electron chi connectivity index (χ4n) is 3.37. The maximum atomic E-state index is 12.6. The van der Waals surface area contributed by atoms with Gasteiger partial charge in [-0.25, -0.2) is 4.98 Å². The molecule has 0 atom stereocenters. The van der Waals surface area contributed by atoms with Crippen molar-refractivity contribution in [1.82, 2.24) is 14.7 Å². The number of carbonyl (C=O) groups excluding carboxylic acids is 1. The Balaban J connectivity index is 1.69. The van der Waals surface area contributed by atoms with E-state index in [1.807, 2.05) is 25.1 Å². The number of aromatic nitrogens is 2. The second kappa shape index (κ2) is 5.39. The Kier molecular flexibility index (Phi) is 3.37. The van der Waals surface area contributed by atoms with E-state index in [9.17, 15) is 4.79 Å². The van der Waals surface area contributed by atoms with Crippen molar-refractivity contribution in [3.63, 3.8) is 0 Å². The predicted octanol–water partition coefficient (Wildman–Crippen LogP) is 3.92. The molecule has 0 aliphatic heterocycles. The van der Waals surface area contributed by atoms with Gasteiger partial charge in [0.2, 0.25) is 0 Å². The molecule has 22 heavy (non-hydrogen) atoms. The molecule has 0 bridgehead atoms. The Morgan fingerprint density at radius 2 is 2.05 bits per heavy atom. The normalized spacial score (nSPS) is 16.4. The number of imidazole rings is 1. The number of hydrogen-bond donors (Lipinski definition) is 1. The lowest BCUT2D eigenvalue weighted by molar-refractivity contribution is 0.0931. The molecule has 5 heteroatoms. The van der Waals surface area contributed by atoms with Crippen LogP contribution in [0, 0.1) is 6.92 Å². The van der Waals surface area contributed by atoms with Crippen LogP contribution in [0.5, 0.6) is 0 Å². The number of thiazole rings is 1. The van der Waals surface area contributed by atoms with Crippen molar-refractivity contribution in [3.8, 4) is 0 Å². The van der Waals surface area contributed by atoms with Crippen molar-refractivity contribution in [1.29, 1.82) is 0 Å². The Bertz CT molecular complexity index is 842. The number of para-hydroxylation sites is 2. The van der Waals surface area contributed by atoms with Gasteiger partial charge in [0.05, 0.1) is 11.0 Å². The summed E-state index contributed by atoms with van der Waals surface area (Å²) in [7, 11) is 0. The summed E-state index contributed by atoms with van der Waals surface area (Å²) < 4.78 is 2.09. The van der Waals surface area contributed by atoms with Crippen LogP contribution in [-0.2, 0) is 0 Å². The minimum atomic E-state index is 0.0592. The van der Waals surface area contributed by atoms with Crippen molar-refractivity contribution in [2.75, 3.05) is 0 Å². The van der Waals surface area contributed by atoms with E-state index < -0.39 is 0 Å². The zero-order valence-corrected chi connectivity index (χ0v) is 13.4. The summed E-state index contributed by atoms with van der Waals surface area (Å²) in [6.07, 6.45) is 5.96. The molecule has 1 N–H and O–H groups in total. The van der Waals surface area contributed by atoms with Crippen molar-refractivity contribution in [2.45, 2.75) is 45.1 Å². The van der Waals surface area contributed by atoms with Gasteiger partial charge in [0.15, 0.2) is 4.96 Å². The first-order valence-electron chi connectivity index (χ1n) is 7.91. The van der Waals surface area contributed by atoms with Crippen molar-refractivity contribution in [3.05, 3.63) is 34.8 Å². The largest absolute Gasteiger partial charge is 0.349 e. The number of hydrogen-bond acceptors (Lipinski definition) is 3. The molecule has 2 aromatic heterocycles. The van der Waals surface area contributed by atoms with Crippen LogP contribution < -0.4 is 5.32 Å². The standard InChI is InChI=1S/C17H19N3OS/c1-11-15(16(21)18-12-7-3-2-4-8-12)22-17-19-13-9-5-6-10-14(13)20(11)17/h5-6,9-10,12H,2-4,7-8H2,1H3,(H,18,21). The monoisotopic (exact) mass is 313 g/mol. The third kappa shape index (κ3) is 2.20. The average molecular weight is 313 g/mol. The smallest absolute Gasteiger partial charge is 0.263 e. The van der Waals surface area contributed by atoms with Gasteiger partial charge >= 0.3 is 0 Å². The quantitative estimate of drug-likeness (QED) is 0.779. The maximum absolute atomic E-state index is 12.6. The first kappa shape index (κ1) is 13.8. The molecular weight excluding hydrogens is 294 g/mol. The molecule has 0 radical (unpaired) electrons. The molecule has 1 aliphatic rings. The van der Waals surface area contributed by atoms with Gasteiger partial charge in [-0.1, -0.05) is 42.7 Å². The van der Waals surface area contributed by atoms with Crippen LogP contribution in [0.1, 0.15) is 47.5 Å². The lowest BCUT2D eigenvalue weighted by Crippen LogP contribution is -2.36. The highest BCUT2D eigenvalue weighted by molar-refractivity contribution is 7.19. The zero-order valence-electron chi connectivity index (χ0n) is 12.6. The van der Waals surface area contributed by atoms with E-state index in [2.05, 4.69) is 20.8 Å². The van der Waals surface area contributed by atoms with Crippen LogP contribution in [0.25, 0.3) is 16.0 Å². The van der Waals surface area contributed by atoms with Crippen LogP contribution >= 0.6 is 11.3 Å². The Hall–Kier alpha value is -1.88. The lowest BCUT2D eigenvalue weighted by atomic mass is 9.95. The predicted molar refractivity (Wildman–Crippen MR) is 89.7 cm³/mol. The highest BCUT2D eigenvalue weighted by Gasteiger charge is 2.22. The van der Waals surface area contributed by atoms with Gasteiger partial charge in [0, 0.05) is 11.7 Å². The SMILES string of the molecule is Cc1c(C(=O)NC2CCCCC2)sc2nc3ccccc3n12. The number of fused-ring (bicyclic) bond motifs is 3. The van der Waals surface area contributed by atoms with Gasteiger partial charge in [0.1, 0.15) is 4.88 Å². The third-order valence-electron chi connectivity index (χ3n) is 4.53. The number of rotatable bonds is 2. The van der Waals surface area contributed by atoms with E-state index in [4.69, 9.17) is 0 Å². The van der Waals surface area contributed by atoms with Gasteiger partial charge in [-0.2, -0.15) is 0 Å². The molecule has 0 spiro atoms. The summed E-state index contributed by atoms with van der Waals surface area (Å²) in [4.78, 5) is 18.9. The third-order valence-corrected chi connectivity index (χ3v) is 5.68. The number of carbonyl (C=O) groups is 1. The number of aryl methyl sites for hydroxylation is 1. The number of amides is 1. The van der Waals surface area contributed by atoms with E-state index in [-0.39, 0.29) is 5.91 Å². The van der Waals surface area contributed by atoms with Gasteiger partial charge in [-0.15, -0.1) is 0 Å². The molecule has 114 valence electrons. The van der Waals surface area contributed by atoms with E-state index in [1.165, 1.54) is 30.6 Å². The molecule has 0 unspecified atom stereocenters. The fraction of sp³-hybridized carbons (Fsp3) is 0.412. The molecule has 3 aromatic rings. The Morgan fingerprint density at radius 1 is 1.27 bits per heavy atom. The van der Waals surface area contributed by atoms with E-state index >= 15 is 0 Å². The summed E-state index contributed by atoms with van der Waals surface area (Å²) >= 11 is 1.49. The van der Waals surface area contributed by atoms with Crippen LogP contribution in [0.15, 0.2) is 24.3 Å². The minimum absolute atomic E-state index is 0.0592. The number of nitrogens with zero attached hydrogens (tertiary/aromatic N) is 2. The van der Waals surface area contributed by atoms with Crippen molar-refractivity contribution < 1.29 is 4.79 Å². The van der Waals surface area contributed by atoms with Crippen LogP contribution in [0.3, 0.4) is 0 Å². The molecule has 1 saturated carbocycles. The van der Waals surface area contributed by atoms with Gasteiger partial charge in [-0.3, -0.25) is 9.20 Å². The summed E-state index contributed by atoms with van der Waals surface area (Å²) in [5.41, 5.74) is 3.04. The second-order valence-electron chi connectivity index (χ2n) is 6.04. The first-order valence-corrected chi connectivity index (χ1v) is 8.73. The summed E-state index contributed by atoms with van der Waals surface area (Å²) in [5.74, 6) is 0.0592. The topological polar surface area (TPSA) is 46.4 Å². The molecule has 1 aromatic carbocycles. The first-order chi connectivity index (χ1) is 10.7. The van der Waals surface area contributed by atoms with Gasteiger partial charge < -0.3 is 5.32 Å². The van der Waals surface area contributed by atoms with Crippen molar-refractivity contribution >= 4 is 33.2 Å². The second-order valence-corrected chi connectivity index (χ2v) is 7.02. The highest BCUT2D eigenvalue weighted by Crippen LogP contribution is 2.28. The zero-order chi connectivity index (χ0) is 15.1. The molecule has 0 saturated heterocycles. The van der Waals surface area contributed by atoms with Crippen LogP contribution in [0.2, 0.25) is 0 Å². The molecule has 1 amide bonds. The summed E-state index contributed by atoms with van der Waals surface area (Å²) in [6.45, 7) is 2.01. The highest BCUT2D eigenvalue weighted by atomic mass is 32.1. The molecule has 4 rings (SSSR count). The minimum Gasteiger partial charge on any atom is -0.349 e. The molecule has 2 heterocycles. The summed E-state index contributed by atoms with van der Waals surface area (Å²) in [6, 6.07) is 8.40.